The molecule has 1 saturated heterocycles. The molecule has 1 amide bonds. The van der Waals surface area contributed by atoms with Crippen LogP contribution in [0.5, 0.6) is 0 Å². The van der Waals surface area contributed by atoms with E-state index in [1.807, 2.05) is 0 Å². The molecule has 0 saturated carbocycles. The highest BCUT2D eigenvalue weighted by Crippen LogP contribution is 2.30. The highest BCUT2D eigenvalue weighted by molar-refractivity contribution is 7.89. The van der Waals surface area contributed by atoms with Gasteiger partial charge in [0, 0.05) is 31.3 Å². The first kappa shape index (κ1) is 19.5. The third-order valence-electron chi connectivity index (χ3n) is 3.90. The SMILES string of the molecule is O=C(NCCCO)[C@@H]1CCCN(S(=O)(=O)c2cc(Cl)ccc2Cl)C1. The second-order valence-corrected chi connectivity index (χ2v) is 8.40. The first-order valence-electron chi connectivity index (χ1n) is 7.70. The fraction of sp³-hybridized carbons (Fsp3) is 0.533. The lowest BCUT2D eigenvalue weighted by Gasteiger charge is -2.31. The molecule has 0 aromatic heterocycles. The fourth-order valence-corrected chi connectivity index (χ4v) is 4.88. The first-order valence-corrected chi connectivity index (χ1v) is 9.89. The second kappa shape index (κ2) is 8.49. The quantitative estimate of drug-likeness (QED) is 0.721. The Morgan fingerprint density at radius 2 is 2.12 bits per heavy atom. The van der Waals surface area contributed by atoms with Gasteiger partial charge in [-0.25, -0.2) is 8.42 Å². The Balaban J connectivity index is 2.13. The van der Waals surface area contributed by atoms with Crippen LogP contribution in [-0.4, -0.2) is 50.0 Å². The van der Waals surface area contributed by atoms with Crippen molar-refractivity contribution in [2.75, 3.05) is 26.2 Å². The van der Waals surface area contributed by atoms with E-state index >= 15 is 0 Å². The minimum atomic E-state index is -3.81. The van der Waals surface area contributed by atoms with Gasteiger partial charge in [-0.3, -0.25) is 4.79 Å². The molecule has 0 aliphatic carbocycles. The van der Waals surface area contributed by atoms with E-state index in [1.165, 1.54) is 22.5 Å². The number of halogens is 2. The van der Waals surface area contributed by atoms with Gasteiger partial charge in [0.1, 0.15) is 4.90 Å². The molecule has 6 nitrogen and oxygen atoms in total. The van der Waals surface area contributed by atoms with Gasteiger partial charge in [0.2, 0.25) is 15.9 Å². The summed E-state index contributed by atoms with van der Waals surface area (Å²) in [7, 11) is -3.81. The minimum absolute atomic E-state index is 0.00127. The number of benzene rings is 1. The molecule has 1 fully saturated rings. The number of carbonyl (C=O) groups is 1. The maximum atomic E-state index is 12.8. The molecule has 0 radical (unpaired) electrons. The van der Waals surface area contributed by atoms with Crippen molar-refractivity contribution in [3.05, 3.63) is 28.2 Å². The van der Waals surface area contributed by atoms with E-state index in [2.05, 4.69) is 5.32 Å². The van der Waals surface area contributed by atoms with E-state index in [1.54, 1.807) is 0 Å². The number of hydrogen-bond donors (Lipinski definition) is 2. The molecule has 0 bridgehead atoms. The summed E-state index contributed by atoms with van der Waals surface area (Å²) >= 11 is 11.9. The van der Waals surface area contributed by atoms with Crippen molar-refractivity contribution in [2.24, 2.45) is 5.92 Å². The van der Waals surface area contributed by atoms with Crippen LogP contribution in [0.2, 0.25) is 10.0 Å². The molecule has 1 atom stereocenters. The van der Waals surface area contributed by atoms with Crippen LogP contribution in [0.25, 0.3) is 0 Å². The van der Waals surface area contributed by atoms with Crippen molar-refractivity contribution >= 4 is 39.1 Å². The Bertz CT molecular complexity index is 697. The van der Waals surface area contributed by atoms with E-state index in [0.717, 1.165) is 0 Å². The lowest BCUT2D eigenvalue weighted by atomic mass is 9.99. The third-order valence-corrected chi connectivity index (χ3v) is 6.48. The molecule has 24 heavy (non-hydrogen) atoms. The second-order valence-electron chi connectivity index (χ2n) is 5.65. The Labute approximate surface area is 151 Å². The number of aliphatic hydroxyl groups excluding tert-OH is 1. The predicted octanol–water partition coefficient (Wildman–Crippen LogP) is 1.89. The van der Waals surface area contributed by atoms with Gasteiger partial charge in [-0.05, 0) is 37.5 Å². The van der Waals surface area contributed by atoms with E-state index in [9.17, 15) is 13.2 Å². The monoisotopic (exact) mass is 394 g/mol. The Morgan fingerprint density at radius 1 is 1.38 bits per heavy atom. The van der Waals surface area contributed by atoms with Crippen LogP contribution in [0.4, 0.5) is 0 Å². The molecule has 1 heterocycles. The number of hydrogen-bond acceptors (Lipinski definition) is 4. The minimum Gasteiger partial charge on any atom is -0.396 e. The van der Waals surface area contributed by atoms with E-state index in [0.29, 0.717) is 32.4 Å². The Hall–Kier alpha value is -0.860. The molecule has 0 spiro atoms. The van der Waals surface area contributed by atoms with E-state index in [-0.39, 0.29) is 34.0 Å². The van der Waals surface area contributed by atoms with Gasteiger partial charge >= 0.3 is 0 Å². The lowest BCUT2D eigenvalue weighted by molar-refractivity contribution is -0.126. The Kier molecular flexibility index (Phi) is 6.88. The number of nitrogens with zero attached hydrogens (tertiary/aromatic N) is 1. The largest absolute Gasteiger partial charge is 0.396 e. The summed E-state index contributed by atoms with van der Waals surface area (Å²) in [6, 6.07) is 4.29. The number of rotatable bonds is 6. The molecule has 1 aliphatic heterocycles. The van der Waals surface area contributed by atoms with Crippen LogP contribution in [0.3, 0.4) is 0 Å². The van der Waals surface area contributed by atoms with Crippen LogP contribution >= 0.6 is 23.2 Å². The number of nitrogens with one attached hydrogen (secondary N) is 1. The highest BCUT2D eigenvalue weighted by Gasteiger charge is 2.34. The van der Waals surface area contributed by atoms with Gasteiger partial charge in [0.15, 0.2) is 0 Å². The van der Waals surface area contributed by atoms with Gasteiger partial charge in [-0.15, -0.1) is 0 Å². The molecule has 9 heteroatoms. The van der Waals surface area contributed by atoms with Crippen LogP contribution in [0, 0.1) is 5.92 Å². The molecular formula is C15H20Cl2N2O4S. The zero-order valence-corrected chi connectivity index (χ0v) is 15.4. The number of sulfonamides is 1. The smallest absolute Gasteiger partial charge is 0.244 e. The summed E-state index contributed by atoms with van der Waals surface area (Å²) in [5, 5.41) is 11.9. The van der Waals surface area contributed by atoms with Crippen molar-refractivity contribution < 1.29 is 18.3 Å². The molecule has 2 rings (SSSR count). The van der Waals surface area contributed by atoms with E-state index in [4.69, 9.17) is 28.3 Å². The predicted molar refractivity (Wildman–Crippen MR) is 92.7 cm³/mol. The van der Waals surface area contributed by atoms with Crippen molar-refractivity contribution in [1.29, 1.82) is 0 Å². The third kappa shape index (κ3) is 4.61. The van der Waals surface area contributed by atoms with Crippen LogP contribution in [0.15, 0.2) is 23.1 Å². The summed E-state index contributed by atoms with van der Waals surface area (Å²) in [4.78, 5) is 12.1. The average Bonchev–Trinajstić information content (AvgIpc) is 2.57. The number of carbonyl (C=O) groups excluding carboxylic acids is 1. The molecule has 1 aromatic rings. The average molecular weight is 395 g/mol. The van der Waals surface area contributed by atoms with E-state index < -0.39 is 15.9 Å². The molecule has 134 valence electrons. The van der Waals surface area contributed by atoms with Crippen LogP contribution in [-0.2, 0) is 14.8 Å². The topological polar surface area (TPSA) is 86.7 Å². The van der Waals surface area contributed by atoms with Crippen LogP contribution < -0.4 is 5.32 Å². The summed E-state index contributed by atoms with van der Waals surface area (Å²) < 4.78 is 26.9. The van der Waals surface area contributed by atoms with Crippen molar-refractivity contribution in [2.45, 2.75) is 24.2 Å². The lowest BCUT2D eigenvalue weighted by Crippen LogP contribution is -2.45. The summed E-state index contributed by atoms with van der Waals surface area (Å²) in [5.41, 5.74) is 0. The number of aliphatic hydroxyl groups is 1. The van der Waals surface area contributed by atoms with Gasteiger partial charge < -0.3 is 10.4 Å². The number of amides is 1. The summed E-state index contributed by atoms with van der Waals surface area (Å²) in [6.07, 6.45) is 1.69. The van der Waals surface area contributed by atoms with Crippen molar-refractivity contribution in [3.63, 3.8) is 0 Å². The summed E-state index contributed by atoms with van der Waals surface area (Å²) in [6.45, 7) is 0.819. The molecule has 1 aromatic carbocycles. The number of piperidine rings is 1. The zero-order chi connectivity index (χ0) is 17.7. The normalized spacial score (nSPS) is 19.2. The summed E-state index contributed by atoms with van der Waals surface area (Å²) in [5.74, 6) is -0.606. The standard InChI is InChI=1S/C15H20Cl2N2O4S/c16-12-4-5-13(17)14(9-12)24(22,23)19-7-1-3-11(10-19)15(21)18-6-2-8-20/h4-5,9,11,20H,1-3,6-8,10H2,(H,18,21)/t11-/m1/s1. The highest BCUT2D eigenvalue weighted by atomic mass is 35.5. The molecule has 2 N–H and O–H groups in total. The van der Waals surface area contributed by atoms with Crippen molar-refractivity contribution in [1.82, 2.24) is 9.62 Å². The molecular weight excluding hydrogens is 375 g/mol. The maximum absolute atomic E-state index is 12.8. The van der Waals surface area contributed by atoms with Gasteiger partial charge in [-0.1, -0.05) is 23.2 Å². The zero-order valence-electron chi connectivity index (χ0n) is 13.0. The van der Waals surface area contributed by atoms with Crippen LogP contribution in [0.1, 0.15) is 19.3 Å². The Morgan fingerprint density at radius 3 is 2.83 bits per heavy atom. The maximum Gasteiger partial charge on any atom is 0.244 e. The molecule has 0 unspecified atom stereocenters. The fourth-order valence-electron chi connectivity index (χ4n) is 2.62. The molecule has 1 aliphatic rings. The van der Waals surface area contributed by atoms with Crippen molar-refractivity contribution in [3.8, 4) is 0 Å². The van der Waals surface area contributed by atoms with Gasteiger partial charge in [0.05, 0.1) is 10.9 Å². The first-order chi connectivity index (χ1) is 11.4. The van der Waals surface area contributed by atoms with Gasteiger partial charge in [-0.2, -0.15) is 4.31 Å². The van der Waals surface area contributed by atoms with Gasteiger partial charge in [0.25, 0.3) is 0 Å².